The molecule has 0 aliphatic heterocycles. The minimum Gasteiger partial charge on any atom is -0.238 e. The lowest BCUT2D eigenvalue weighted by Gasteiger charge is -1.88. The number of benzene rings is 2. The van der Waals surface area contributed by atoms with E-state index in [0.717, 1.165) is 0 Å². The molecule has 4 heteroatoms. The van der Waals surface area contributed by atoms with E-state index in [9.17, 15) is 0 Å². The highest BCUT2D eigenvalue weighted by Gasteiger charge is 1.85. The van der Waals surface area contributed by atoms with Crippen molar-refractivity contribution < 1.29 is 0 Å². The molecular formula is C16H16Cl2N2. The van der Waals surface area contributed by atoms with Crippen LogP contribution in [0.15, 0.2) is 48.5 Å². The molecule has 0 amide bonds. The quantitative estimate of drug-likeness (QED) is 0.533. The van der Waals surface area contributed by atoms with Crippen LogP contribution in [-0.2, 0) is 0 Å². The molecule has 2 rings (SSSR count). The number of aryl methyl sites for hydroxylation is 2. The third kappa shape index (κ3) is 7.44. The summed E-state index contributed by atoms with van der Waals surface area (Å²) in [5.74, 6) is 0. The smallest absolute Gasteiger partial charge is 0.187 e. The zero-order chi connectivity index (χ0) is 13.4. The van der Waals surface area contributed by atoms with Crippen molar-refractivity contribution in [3.05, 3.63) is 82.5 Å². The molecule has 0 aliphatic rings. The van der Waals surface area contributed by atoms with Gasteiger partial charge in [0.2, 0.25) is 0 Å². The highest BCUT2D eigenvalue weighted by atomic mass is 35.5. The lowest BCUT2D eigenvalue weighted by atomic mass is 10.2. The number of hydrogen-bond acceptors (Lipinski definition) is 0. The fraction of sp³-hybridized carbons (Fsp3) is 0.125. The van der Waals surface area contributed by atoms with Gasteiger partial charge in [-0.3, -0.25) is 0 Å². The molecule has 0 bridgehead atoms. The van der Waals surface area contributed by atoms with Crippen LogP contribution in [0, 0.1) is 27.0 Å². The predicted octanol–water partition coefficient (Wildman–Crippen LogP) is 5.94. The van der Waals surface area contributed by atoms with Gasteiger partial charge in [0, 0.05) is 0 Å². The predicted molar refractivity (Wildman–Crippen MR) is 89.4 cm³/mol. The summed E-state index contributed by atoms with van der Waals surface area (Å²) in [7, 11) is 0. The molecule has 2 nitrogen and oxygen atoms in total. The average molecular weight is 307 g/mol. The summed E-state index contributed by atoms with van der Waals surface area (Å²) in [6.07, 6.45) is 0. The van der Waals surface area contributed by atoms with Crippen molar-refractivity contribution in [3.63, 3.8) is 0 Å². The maximum atomic E-state index is 6.64. The first kappa shape index (κ1) is 20.3. The van der Waals surface area contributed by atoms with Crippen LogP contribution in [0.4, 0.5) is 11.4 Å². The van der Waals surface area contributed by atoms with E-state index in [1.165, 1.54) is 11.1 Å². The second-order valence-corrected chi connectivity index (χ2v) is 3.89. The Balaban J connectivity index is 0. The lowest BCUT2D eigenvalue weighted by Crippen LogP contribution is -1.65. The minimum atomic E-state index is 0. The molecule has 0 aliphatic carbocycles. The van der Waals surface area contributed by atoms with E-state index in [0.29, 0.717) is 11.4 Å². The molecule has 0 heterocycles. The number of nitrogens with zero attached hydrogens (tertiary/aromatic N) is 2. The van der Waals surface area contributed by atoms with Gasteiger partial charge < -0.3 is 0 Å². The summed E-state index contributed by atoms with van der Waals surface area (Å²) in [5, 5.41) is 0. The summed E-state index contributed by atoms with van der Waals surface area (Å²) < 4.78 is 0. The first-order chi connectivity index (χ1) is 8.65. The fourth-order valence-corrected chi connectivity index (χ4v) is 1.24. The molecule has 0 fully saturated rings. The largest absolute Gasteiger partial charge is 0.238 e. The number of rotatable bonds is 0. The van der Waals surface area contributed by atoms with Gasteiger partial charge in [0.25, 0.3) is 0 Å². The Hall–Kier alpha value is -2.00. The molecular weight excluding hydrogens is 291 g/mol. The van der Waals surface area contributed by atoms with Gasteiger partial charge in [-0.2, -0.15) is 0 Å². The number of halogens is 2. The van der Waals surface area contributed by atoms with E-state index in [-0.39, 0.29) is 24.8 Å². The van der Waals surface area contributed by atoms with Crippen molar-refractivity contribution in [3.8, 4) is 0 Å². The van der Waals surface area contributed by atoms with Crippen molar-refractivity contribution in [2.75, 3.05) is 0 Å². The van der Waals surface area contributed by atoms with Gasteiger partial charge in [-0.25, -0.2) is 9.69 Å². The van der Waals surface area contributed by atoms with E-state index in [1.54, 1.807) is 0 Å². The standard InChI is InChI=1S/2C8H7N.2ClH/c2*1-7-3-5-8(9-2)6-4-7;;/h2*3-6H,1H3;2*1H. The Kier molecular flexibility index (Phi) is 11.1. The SMILES string of the molecule is Cl.Cl.[C-]#[N+]c1ccc(C)cc1.[C-]#[N+]c1ccc(C)cc1. The van der Waals surface area contributed by atoms with Gasteiger partial charge in [0.05, 0.1) is 13.1 Å². The Morgan fingerprint density at radius 1 is 0.600 bits per heavy atom. The van der Waals surface area contributed by atoms with Gasteiger partial charge in [-0.1, -0.05) is 59.7 Å². The molecule has 20 heavy (non-hydrogen) atoms. The van der Waals surface area contributed by atoms with Crippen LogP contribution in [-0.4, -0.2) is 0 Å². The molecule has 0 saturated heterocycles. The maximum Gasteiger partial charge on any atom is 0.187 e. The average Bonchev–Trinajstić information content (AvgIpc) is 2.41. The van der Waals surface area contributed by atoms with Gasteiger partial charge in [0.1, 0.15) is 0 Å². The van der Waals surface area contributed by atoms with Gasteiger partial charge in [0.15, 0.2) is 11.4 Å². The third-order valence-corrected chi connectivity index (χ3v) is 2.33. The number of hydrogen-bond donors (Lipinski definition) is 0. The first-order valence-electron chi connectivity index (χ1n) is 5.54. The molecule has 0 unspecified atom stereocenters. The summed E-state index contributed by atoms with van der Waals surface area (Å²) in [6, 6.07) is 15.0. The van der Waals surface area contributed by atoms with Crippen LogP contribution in [0.3, 0.4) is 0 Å². The second-order valence-electron chi connectivity index (χ2n) is 3.89. The summed E-state index contributed by atoms with van der Waals surface area (Å²) in [4.78, 5) is 6.52. The van der Waals surface area contributed by atoms with Crippen LogP contribution in [0.2, 0.25) is 0 Å². The van der Waals surface area contributed by atoms with E-state index >= 15 is 0 Å². The third-order valence-electron chi connectivity index (χ3n) is 2.33. The Morgan fingerprint density at radius 3 is 1.05 bits per heavy atom. The molecule has 0 saturated carbocycles. The molecule has 0 atom stereocenters. The zero-order valence-corrected chi connectivity index (χ0v) is 13.0. The van der Waals surface area contributed by atoms with Gasteiger partial charge in [-0.15, -0.1) is 24.8 Å². The summed E-state index contributed by atoms with van der Waals surface area (Å²) in [6.45, 7) is 17.3. The Morgan fingerprint density at radius 2 is 0.850 bits per heavy atom. The van der Waals surface area contributed by atoms with Crippen LogP contribution in [0.25, 0.3) is 9.69 Å². The fourth-order valence-electron chi connectivity index (χ4n) is 1.24. The molecule has 0 radical (unpaired) electrons. The van der Waals surface area contributed by atoms with Crippen molar-refractivity contribution in [1.29, 1.82) is 0 Å². The molecule has 0 spiro atoms. The van der Waals surface area contributed by atoms with E-state index in [4.69, 9.17) is 13.1 Å². The first-order valence-corrected chi connectivity index (χ1v) is 5.54. The Labute approximate surface area is 132 Å². The summed E-state index contributed by atoms with van der Waals surface area (Å²) >= 11 is 0. The summed E-state index contributed by atoms with van der Waals surface area (Å²) in [5.41, 5.74) is 3.81. The Bertz CT molecular complexity index is 520. The van der Waals surface area contributed by atoms with Crippen molar-refractivity contribution in [2.45, 2.75) is 13.8 Å². The minimum absolute atomic E-state index is 0. The van der Waals surface area contributed by atoms with Gasteiger partial charge >= 0.3 is 0 Å². The zero-order valence-electron chi connectivity index (χ0n) is 11.3. The van der Waals surface area contributed by atoms with E-state index in [2.05, 4.69) is 9.69 Å². The molecule has 0 N–H and O–H groups in total. The highest BCUT2D eigenvalue weighted by molar-refractivity contribution is 5.85. The normalized spacial score (nSPS) is 7.60. The monoisotopic (exact) mass is 306 g/mol. The molecule has 0 aromatic heterocycles. The van der Waals surface area contributed by atoms with Crippen LogP contribution in [0.5, 0.6) is 0 Å². The maximum absolute atomic E-state index is 6.64. The molecule has 104 valence electrons. The lowest BCUT2D eigenvalue weighted by molar-refractivity contribution is 1.48. The van der Waals surface area contributed by atoms with Gasteiger partial charge in [-0.05, 0) is 13.8 Å². The van der Waals surface area contributed by atoms with Crippen molar-refractivity contribution in [1.82, 2.24) is 0 Å². The van der Waals surface area contributed by atoms with Crippen molar-refractivity contribution >= 4 is 36.2 Å². The van der Waals surface area contributed by atoms with E-state index < -0.39 is 0 Å². The topological polar surface area (TPSA) is 8.72 Å². The van der Waals surface area contributed by atoms with Crippen LogP contribution >= 0.6 is 24.8 Å². The van der Waals surface area contributed by atoms with Crippen LogP contribution < -0.4 is 0 Å². The van der Waals surface area contributed by atoms with Crippen molar-refractivity contribution in [2.24, 2.45) is 0 Å². The molecule has 2 aromatic carbocycles. The highest BCUT2D eigenvalue weighted by Crippen LogP contribution is 2.11. The molecule has 2 aromatic rings. The second kappa shape index (κ2) is 10.9. The van der Waals surface area contributed by atoms with E-state index in [1.807, 2.05) is 62.4 Å². The van der Waals surface area contributed by atoms with Crippen LogP contribution in [0.1, 0.15) is 11.1 Å².